The minimum atomic E-state index is -0.334. The Morgan fingerprint density at radius 1 is 1.16 bits per heavy atom. The van der Waals surface area contributed by atoms with Crippen molar-refractivity contribution in [3.63, 3.8) is 0 Å². The SMILES string of the molecule is CCOc1ccc(/C=C/C(=O)Nc2nc3scc(-c4cccc(OC)c4)n3n2)cc1OC. The van der Waals surface area contributed by atoms with Crippen LogP contribution in [0.15, 0.2) is 53.9 Å². The molecular formula is C23H22N4O4S. The quantitative estimate of drug-likeness (QED) is 0.397. The van der Waals surface area contributed by atoms with Crippen LogP contribution in [0.5, 0.6) is 17.2 Å². The van der Waals surface area contributed by atoms with Gasteiger partial charge in [-0.1, -0.05) is 18.2 Å². The van der Waals surface area contributed by atoms with E-state index in [9.17, 15) is 4.79 Å². The van der Waals surface area contributed by atoms with Gasteiger partial charge in [0.05, 0.1) is 26.5 Å². The van der Waals surface area contributed by atoms with E-state index in [1.165, 1.54) is 17.4 Å². The summed E-state index contributed by atoms with van der Waals surface area (Å²) in [6.45, 7) is 2.45. The summed E-state index contributed by atoms with van der Waals surface area (Å²) >= 11 is 1.44. The minimum absolute atomic E-state index is 0.236. The van der Waals surface area contributed by atoms with Gasteiger partial charge in [0, 0.05) is 17.0 Å². The summed E-state index contributed by atoms with van der Waals surface area (Å²) in [6.07, 6.45) is 3.11. The number of carbonyl (C=O) groups is 1. The van der Waals surface area contributed by atoms with E-state index in [0.29, 0.717) is 23.1 Å². The van der Waals surface area contributed by atoms with Crippen molar-refractivity contribution in [3.8, 4) is 28.5 Å². The van der Waals surface area contributed by atoms with Crippen LogP contribution in [-0.2, 0) is 4.79 Å². The molecule has 9 heteroatoms. The molecule has 0 saturated carbocycles. The second-order valence-corrected chi connectivity index (χ2v) is 7.49. The second kappa shape index (κ2) is 9.52. The van der Waals surface area contributed by atoms with Crippen molar-refractivity contribution in [1.29, 1.82) is 0 Å². The van der Waals surface area contributed by atoms with Crippen molar-refractivity contribution in [2.24, 2.45) is 0 Å². The van der Waals surface area contributed by atoms with Crippen LogP contribution < -0.4 is 19.5 Å². The summed E-state index contributed by atoms with van der Waals surface area (Å²) in [7, 11) is 3.20. The topological polar surface area (TPSA) is 87.0 Å². The highest BCUT2D eigenvalue weighted by Crippen LogP contribution is 2.29. The molecule has 0 saturated heterocycles. The fourth-order valence-corrected chi connectivity index (χ4v) is 3.93. The van der Waals surface area contributed by atoms with Gasteiger partial charge in [0.2, 0.25) is 4.96 Å². The van der Waals surface area contributed by atoms with Crippen LogP contribution in [0.3, 0.4) is 0 Å². The maximum atomic E-state index is 12.4. The molecule has 0 aliphatic heterocycles. The Morgan fingerprint density at radius 2 is 2.03 bits per heavy atom. The monoisotopic (exact) mass is 450 g/mol. The molecule has 0 aliphatic carbocycles. The maximum Gasteiger partial charge on any atom is 0.250 e. The Balaban J connectivity index is 1.49. The van der Waals surface area contributed by atoms with Crippen molar-refractivity contribution < 1.29 is 19.0 Å². The first kappa shape index (κ1) is 21.4. The third-order valence-electron chi connectivity index (χ3n) is 4.60. The first-order chi connectivity index (χ1) is 15.6. The summed E-state index contributed by atoms with van der Waals surface area (Å²) in [4.78, 5) is 17.5. The standard InChI is InChI=1S/C23H22N4O4S/c1-4-31-19-10-8-15(12-20(19)30-3)9-11-21(28)24-22-25-23-27(26-22)18(14-32-23)16-6-5-7-17(13-16)29-2/h5-14H,4H2,1-3H3,(H,24,26,28)/b11-9+. The van der Waals surface area contributed by atoms with E-state index in [-0.39, 0.29) is 11.9 Å². The number of nitrogens with one attached hydrogen (secondary N) is 1. The van der Waals surface area contributed by atoms with Gasteiger partial charge in [0.25, 0.3) is 11.9 Å². The number of thiazole rings is 1. The summed E-state index contributed by atoms with van der Waals surface area (Å²) in [5.41, 5.74) is 2.62. The molecule has 164 valence electrons. The summed E-state index contributed by atoms with van der Waals surface area (Å²) in [6, 6.07) is 13.2. The molecular weight excluding hydrogens is 428 g/mol. The molecule has 2 aromatic heterocycles. The first-order valence-electron chi connectivity index (χ1n) is 9.90. The van der Waals surface area contributed by atoms with Crippen molar-refractivity contribution in [1.82, 2.24) is 14.6 Å². The molecule has 8 nitrogen and oxygen atoms in total. The number of carbonyl (C=O) groups excluding carboxylic acids is 1. The van der Waals surface area contributed by atoms with Crippen LogP contribution in [0, 0.1) is 0 Å². The molecule has 2 aromatic carbocycles. The number of methoxy groups -OCH3 is 2. The molecule has 0 atom stereocenters. The number of fused-ring (bicyclic) bond motifs is 1. The van der Waals surface area contributed by atoms with Crippen LogP contribution in [0.2, 0.25) is 0 Å². The Kier molecular flexibility index (Phi) is 6.37. The lowest BCUT2D eigenvalue weighted by atomic mass is 10.2. The van der Waals surface area contributed by atoms with Crippen LogP contribution in [0.1, 0.15) is 12.5 Å². The van der Waals surface area contributed by atoms with Crippen molar-refractivity contribution in [3.05, 3.63) is 59.5 Å². The number of anilines is 1. The van der Waals surface area contributed by atoms with Gasteiger partial charge >= 0.3 is 0 Å². The zero-order valence-electron chi connectivity index (χ0n) is 17.9. The molecule has 0 spiro atoms. The maximum absolute atomic E-state index is 12.4. The average molecular weight is 451 g/mol. The largest absolute Gasteiger partial charge is 0.497 e. The van der Waals surface area contributed by atoms with E-state index in [1.807, 2.05) is 48.7 Å². The molecule has 2 heterocycles. The fraction of sp³-hybridized carbons (Fsp3) is 0.174. The third-order valence-corrected chi connectivity index (χ3v) is 5.41. The average Bonchev–Trinajstić information content (AvgIpc) is 3.38. The number of rotatable bonds is 8. The molecule has 32 heavy (non-hydrogen) atoms. The minimum Gasteiger partial charge on any atom is -0.497 e. The van der Waals surface area contributed by atoms with Gasteiger partial charge in [0.1, 0.15) is 5.75 Å². The Morgan fingerprint density at radius 3 is 2.81 bits per heavy atom. The van der Waals surface area contributed by atoms with Gasteiger partial charge in [-0.05, 0) is 42.8 Å². The lowest BCUT2D eigenvalue weighted by Gasteiger charge is -2.09. The van der Waals surface area contributed by atoms with E-state index in [4.69, 9.17) is 14.2 Å². The van der Waals surface area contributed by atoms with Crippen LogP contribution >= 0.6 is 11.3 Å². The highest BCUT2D eigenvalue weighted by atomic mass is 32.1. The Hall–Kier alpha value is -3.85. The zero-order chi connectivity index (χ0) is 22.5. The van der Waals surface area contributed by atoms with E-state index >= 15 is 0 Å². The summed E-state index contributed by atoms with van der Waals surface area (Å²) in [5.74, 6) is 1.92. The zero-order valence-corrected chi connectivity index (χ0v) is 18.7. The normalized spacial score (nSPS) is 11.1. The smallest absolute Gasteiger partial charge is 0.250 e. The van der Waals surface area contributed by atoms with Crippen LogP contribution in [0.4, 0.5) is 5.95 Å². The molecule has 0 unspecified atom stereocenters. The molecule has 4 rings (SSSR count). The lowest BCUT2D eigenvalue weighted by Crippen LogP contribution is -2.09. The lowest BCUT2D eigenvalue weighted by molar-refractivity contribution is -0.111. The highest BCUT2D eigenvalue weighted by molar-refractivity contribution is 7.15. The van der Waals surface area contributed by atoms with E-state index in [0.717, 1.165) is 22.6 Å². The van der Waals surface area contributed by atoms with Crippen LogP contribution in [-0.4, -0.2) is 41.3 Å². The van der Waals surface area contributed by atoms with E-state index in [2.05, 4.69) is 15.4 Å². The van der Waals surface area contributed by atoms with E-state index in [1.54, 1.807) is 30.9 Å². The predicted octanol–water partition coefficient (Wildman–Crippen LogP) is 4.53. The molecule has 4 aromatic rings. The summed E-state index contributed by atoms with van der Waals surface area (Å²) in [5, 5.41) is 9.11. The number of nitrogens with zero attached hydrogens (tertiary/aromatic N) is 3. The number of benzene rings is 2. The number of aromatic nitrogens is 3. The van der Waals surface area contributed by atoms with Crippen LogP contribution in [0.25, 0.3) is 22.3 Å². The number of hydrogen-bond acceptors (Lipinski definition) is 7. The molecule has 0 bridgehead atoms. The van der Waals surface area contributed by atoms with Crippen molar-refractivity contribution in [2.45, 2.75) is 6.92 Å². The number of hydrogen-bond donors (Lipinski definition) is 1. The van der Waals surface area contributed by atoms with E-state index < -0.39 is 0 Å². The van der Waals surface area contributed by atoms with Crippen molar-refractivity contribution in [2.75, 3.05) is 26.1 Å². The fourth-order valence-electron chi connectivity index (χ4n) is 3.10. The molecule has 0 aliphatic rings. The predicted molar refractivity (Wildman–Crippen MR) is 125 cm³/mol. The molecule has 1 N–H and O–H groups in total. The second-order valence-electron chi connectivity index (χ2n) is 6.65. The first-order valence-corrected chi connectivity index (χ1v) is 10.8. The highest BCUT2D eigenvalue weighted by Gasteiger charge is 2.13. The van der Waals surface area contributed by atoms with Gasteiger partial charge in [-0.15, -0.1) is 16.4 Å². The molecule has 0 radical (unpaired) electrons. The third kappa shape index (κ3) is 4.57. The Bertz CT molecular complexity index is 1280. The number of ether oxygens (including phenoxy) is 3. The number of amides is 1. The van der Waals surface area contributed by atoms with Gasteiger partial charge in [0.15, 0.2) is 11.5 Å². The van der Waals surface area contributed by atoms with Gasteiger partial charge in [-0.25, -0.2) is 4.52 Å². The molecule has 0 fully saturated rings. The molecule has 1 amide bonds. The van der Waals surface area contributed by atoms with Gasteiger partial charge < -0.3 is 14.2 Å². The summed E-state index contributed by atoms with van der Waals surface area (Å²) < 4.78 is 17.9. The van der Waals surface area contributed by atoms with Crippen molar-refractivity contribution >= 4 is 34.2 Å². The van der Waals surface area contributed by atoms with Gasteiger partial charge in [-0.2, -0.15) is 4.98 Å². The van der Waals surface area contributed by atoms with Gasteiger partial charge in [-0.3, -0.25) is 10.1 Å². The Labute approximate surface area is 189 Å².